The number of aromatic nitrogens is 4. The van der Waals surface area contributed by atoms with Crippen LogP contribution in [-0.2, 0) is 4.79 Å². The van der Waals surface area contributed by atoms with Crippen LogP contribution in [0.2, 0.25) is 0 Å². The highest BCUT2D eigenvalue weighted by molar-refractivity contribution is 6.28. The van der Waals surface area contributed by atoms with E-state index >= 15 is 0 Å². The van der Waals surface area contributed by atoms with Crippen LogP contribution in [0.3, 0.4) is 0 Å². The molecule has 6 heterocycles. The Hall–Kier alpha value is -10.6. The minimum absolute atomic E-state index is 0.463. The molecule has 0 spiro atoms. The van der Waals surface area contributed by atoms with Crippen molar-refractivity contribution in [3.05, 3.63) is 224 Å². The second-order valence-electron chi connectivity index (χ2n) is 19.3. The fraction of sp³-hybridized carbons (Fsp3) is 0. The Morgan fingerprint density at radius 1 is 0.351 bits per heavy atom. The molecule has 0 amide bonds. The number of allylic oxidation sites excluding steroid dienone is 3. The summed E-state index contributed by atoms with van der Waals surface area (Å²) in [6.07, 6.45) is 7.95. The number of aldehydes is 1. The molecule has 0 N–H and O–H groups in total. The average Bonchev–Trinajstić information content (AvgIpc) is 4.50. The van der Waals surface area contributed by atoms with Crippen molar-refractivity contribution in [1.82, 2.24) is 19.5 Å². The lowest BCUT2D eigenvalue weighted by molar-refractivity contribution is -0.104. The van der Waals surface area contributed by atoms with E-state index in [9.17, 15) is 4.79 Å². The van der Waals surface area contributed by atoms with Crippen LogP contribution in [0.15, 0.2) is 236 Å². The number of para-hydroxylation sites is 4. The Kier molecular flexibility index (Phi) is 9.28. The third kappa shape index (κ3) is 6.60. The molecule has 16 aromatic rings. The van der Waals surface area contributed by atoms with Gasteiger partial charge >= 0.3 is 0 Å². The van der Waals surface area contributed by atoms with Gasteiger partial charge in [-0.1, -0.05) is 133 Å². The van der Waals surface area contributed by atoms with Gasteiger partial charge in [-0.3, -0.25) is 4.79 Å². The van der Waals surface area contributed by atoms with Gasteiger partial charge in [0.1, 0.15) is 51.0 Å². The molecule has 0 fully saturated rings. The number of hydrogen-bond acceptors (Lipinski definition) is 8. The Balaban J connectivity index is 0.964. The van der Waals surface area contributed by atoms with Crippen LogP contribution in [0.25, 0.3) is 167 Å². The molecule has 77 heavy (non-hydrogen) atoms. The van der Waals surface area contributed by atoms with Gasteiger partial charge in [0.15, 0.2) is 17.5 Å². The molecule has 0 unspecified atom stereocenters. The number of carbonyl (C=O) groups excluding carboxylic acids is 1. The minimum Gasteiger partial charge on any atom is -0.456 e. The lowest BCUT2D eigenvalue weighted by atomic mass is 9.95. The monoisotopic (exact) mass is 990 g/mol. The van der Waals surface area contributed by atoms with Gasteiger partial charge in [0.2, 0.25) is 0 Å². The predicted molar refractivity (Wildman–Crippen MR) is 309 cm³/mol. The van der Waals surface area contributed by atoms with Crippen molar-refractivity contribution >= 4 is 122 Å². The maximum atomic E-state index is 11.7. The lowest BCUT2D eigenvalue weighted by Crippen LogP contribution is -2.04. The first-order chi connectivity index (χ1) is 38.1. The maximum absolute atomic E-state index is 11.7. The highest BCUT2D eigenvalue weighted by atomic mass is 16.3. The zero-order chi connectivity index (χ0) is 50.7. The van der Waals surface area contributed by atoms with Gasteiger partial charge in [0.05, 0.1) is 27.5 Å². The van der Waals surface area contributed by atoms with Crippen molar-refractivity contribution in [2.45, 2.75) is 0 Å². The zero-order valence-electron chi connectivity index (χ0n) is 40.8. The molecule has 0 bridgehead atoms. The smallest absolute Gasteiger partial charge is 0.164 e. The van der Waals surface area contributed by atoms with Gasteiger partial charge in [-0.05, 0) is 102 Å². The van der Waals surface area contributed by atoms with Crippen molar-refractivity contribution in [1.29, 1.82) is 0 Å². The standard InChI is InChI=1S/C68H38N4O5/c73-34-14-2-5-17-40-35-43(68-70-66(41-26-28-46-44-18-7-11-23-55(44)75-59(46)37-41)69-67(71-68)42-27-29-47-45-19-8-12-24-56(45)76-60(47)38-42)36-52(39-15-3-1-4-16-39)63(40)72-53-22-10-6-20-50(53)61-54(72)32-30-48-49-31-33-58-62(65(49)77-64(48)61)51-21-9-13-25-57(51)74-58/h1-38H/b14-2-,17-5+. The molecule has 6 aromatic heterocycles. The molecule has 0 saturated heterocycles. The molecule has 0 saturated carbocycles. The van der Waals surface area contributed by atoms with Crippen LogP contribution >= 0.6 is 0 Å². The predicted octanol–water partition coefficient (Wildman–Crippen LogP) is 18.0. The third-order valence-electron chi connectivity index (χ3n) is 15.0. The molecule has 16 rings (SSSR count). The quantitative estimate of drug-likeness (QED) is 0.0840. The van der Waals surface area contributed by atoms with Gasteiger partial charge in [-0.2, -0.15) is 0 Å². The van der Waals surface area contributed by atoms with Crippen LogP contribution in [-0.4, -0.2) is 25.8 Å². The second-order valence-corrected chi connectivity index (χ2v) is 19.3. The summed E-state index contributed by atoms with van der Waals surface area (Å²) in [4.78, 5) is 27.6. The summed E-state index contributed by atoms with van der Waals surface area (Å²) in [5.41, 5.74) is 14.2. The zero-order valence-corrected chi connectivity index (χ0v) is 40.8. The van der Waals surface area contributed by atoms with E-state index in [0.29, 0.717) is 17.5 Å². The first-order valence-corrected chi connectivity index (χ1v) is 25.4. The normalized spacial score (nSPS) is 12.4. The summed E-state index contributed by atoms with van der Waals surface area (Å²) in [6.45, 7) is 0. The fourth-order valence-corrected chi connectivity index (χ4v) is 11.6. The van der Waals surface area contributed by atoms with Gasteiger partial charge in [-0.25, -0.2) is 15.0 Å². The van der Waals surface area contributed by atoms with E-state index in [2.05, 4.69) is 114 Å². The Morgan fingerprint density at radius 2 is 0.883 bits per heavy atom. The largest absolute Gasteiger partial charge is 0.456 e. The van der Waals surface area contributed by atoms with Crippen molar-refractivity contribution < 1.29 is 22.5 Å². The molecule has 360 valence electrons. The summed E-state index contributed by atoms with van der Waals surface area (Å²) < 4.78 is 28.6. The molecule has 10 aromatic carbocycles. The van der Waals surface area contributed by atoms with E-state index in [-0.39, 0.29) is 0 Å². The number of rotatable bonds is 8. The number of furan rings is 4. The number of nitrogens with zero attached hydrogens (tertiary/aromatic N) is 4. The van der Waals surface area contributed by atoms with Crippen molar-refractivity contribution in [3.8, 4) is 51.0 Å². The molecular formula is C68H38N4O5. The Labute approximate surface area is 436 Å². The van der Waals surface area contributed by atoms with E-state index in [0.717, 1.165) is 155 Å². The third-order valence-corrected chi connectivity index (χ3v) is 15.0. The Morgan fingerprint density at radius 3 is 1.56 bits per heavy atom. The molecule has 0 aliphatic rings. The Bertz CT molecular complexity index is 5070. The van der Waals surface area contributed by atoms with Crippen molar-refractivity contribution in [2.75, 3.05) is 0 Å². The summed E-state index contributed by atoms with van der Waals surface area (Å²) in [7, 11) is 0. The first-order valence-electron chi connectivity index (χ1n) is 25.4. The average molecular weight is 991 g/mol. The summed E-state index contributed by atoms with van der Waals surface area (Å²) in [6, 6.07) is 68.2. The lowest BCUT2D eigenvalue weighted by Gasteiger charge is -2.19. The SMILES string of the molecule is O=C/C=C\C=C\c1cc(-c2nc(-c3ccc4c(c3)oc3ccccc34)nc(-c3ccc4c(c3)oc3ccccc34)n2)cc(-c2ccccc2)c1-n1c2ccccc2c2c3oc4c(ccc5oc6ccccc6c54)c3ccc21. The molecule has 0 aliphatic carbocycles. The molecular weight excluding hydrogens is 953 g/mol. The van der Waals surface area contributed by atoms with Crippen LogP contribution in [0.5, 0.6) is 0 Å². The van der Waals surface area contributed by atoms with E-state index < -0.39 is 0 Å². The van der Waals surface area contributed by atoms with Crippen LogP contribution in [0, 0.1) is 0 Å². The fourth-order valence-electron chi connectivity index (χ4n) is 11.6. The van der Waals surface area contributed by atoms with Gasteiger partial charge in [-0.15, -0.1) is 0 Å². The highest BCUT2D eigenvalue weighted by Gasteiger charge is 2.25. The van der Waals surface area contributed by atoms with Crippen LogP contribution < -0.4 is 0 Å². The van der Waals surface area contributed by atoms with Gasteiger partial charge < -0.3 is 22.2 Å². The maximum Gasteiger partial charge on any atom is 0.164 e. The first kappa shape index (κ1) is 42.8. The molecule has 0 radical (unpaired) electrons. The molecule has 0 atom stereocenters. The van der Waals surface area contributed by atoms with E-state index in [4.69, 9.17) is 32.6 Å². The molecule has 9 heteroatoms. The van der Waals surface area contributed by atoms with Crippen molar-refractivity contribution in [3.63, 3.8) is 0 Å². The summed E-state index contributed by atoms with van der Waals surface area (Å²) in [5, 5.41) is 10.1. The number of benzene rings is 10. The topological polar surface area (TPSA) is 113 Å². The molecule has 9 nitrogen and oxygen atoms in total. The molecule has 0 aliphatic heterocycles. The van der Waals surface area contributed by atoms with Gasteiger partial charge in [0.25, 0.3) is 0 Å². The van der Waals surface area contributed by atoms with Gasteiger partial charge in [0, 0.05) is 65.3 Å². The summed E-state index contributed by atoms with van der Waals surface area (Å²) >= 11 is 0. The van der Waals surface area contributed by atoms with Crippen molar-refractivity contribution in [2.24, 2.45) is 0 Å². The minimum atomic E-state index is 0.463. The van der Waals surface area contributed by atoms with E-state index in [1.807, 2.05) is 103 Å². The van der Waals surface area contributed by atoms with E-state index in [1.54, 1.807) is 6.08 Å². The highest BCUT2D eigenvalue weighted by Crippen LogP contribution is 2.47. The van der Waals surface area contributed by atoms with Crippen LogP contribution in [0.4, 0.5) is 0 Å². The number of hydrogen-bond donors (Lipinski definition) is 0. The van der Waals surface area contributed by atoms with E-state index in [1.165, 1.54) is 6.08 Å². The number of fused-ring (bicyclic) bond motifs is 17. The number of carbonyl (C=O) groups is 1. The van der Waals surface area contributed by atoms with Crippen LogP contribution in [0.1, 0.15) is 5.56 Å². The second kappa shape index (κ2) is 16.7. The summed E-state index contributed by atoms with van der Waals surface area (Å²) in [5.74, 6) is 1.42.